The van der Waals surface area contributed by atoms with Crippen LogP contribution in [0.15, 0.2) is 60.8 Å². The summed E-state index contributed by atoms with van der Waals surface area (Å²) in [4.78, 5) is 2.41. The molecule has 136 valence electrons. The van der Waals surface area contributed by atoms with Crippen molar-refractivity contribution in [1.82, 2.24) is 15.1 Å². The Bertz CT molecular complexity index is 833. The molecule has 1 saturated heterocycles. The molecule has 3 N–H and O–H groups in total. The highest BCUT2D eigenvalue weighted by atomic mass is 35.5. The highest BCUT2D eigenvalue weighted by Gasteiger charge is 2.31. The molecule has 4 rings (SSSR count). The lowest BCUT2D eigenvalue weighted by molar-refractivity contribution is 0.324. The predicted octanol–water partition coefficient (Wildman–Crippen LogP) is 4.08. The quantitative estimate of drug-likeness (QED) is 0.707. The van der Waals surface area contributed by atoms with Crippen LogP contribution in [0.25, 0.3) is 11.3 Å². The smallest absolute Gasteiger partial charge is 0.0695 e. The number of hydrogen-bond acceptors (Lipinski definition) is 3. The molecule has 0 radical (unpaired) electrons. The van der Waals surface area contributed by atoms with Gasteiger partial charge in [0, 0.05) is 42.2 Å². The Morgan fingerprint density at radius 1 is 1.08 bits per heavy atom. The highest BCUT2D eigenvalue weighted by molar-refractivity contribution is 6.30. The fraction of sp³-hybridized carbons (Fsp3) is 0.250. The Morgan fingerprint density at radius 3 is 2.54 bits per heavy atom. The van der Waals surface area contributed by atoms with Crippen LogP contribution >= 0.6 is 24.0 Å². The first-order valence-electron chi connectivity index (χ1n) is 8.52. The molecular formula is C20H22Cl2N4. The Kier molecular flexibility index (Phi) is 5.99. The number of aromatic nitrogens is 2. The standard InChI is InChI=1S/C20H21ClN4.ClH/c21-17-8-6-15(7-9-17)20-16(10-23-24-20)11-25-12-18(19(22)13-25)14-4-2-1-3-5-14;/h1-10,18-19H,11-13,22H2,(H,23,24);1H/t18-,19+;/m0./s1. The van der Waals surface area contributed by atoms with Crippen LogP contribution in [0.3, 0.4) is 0 Å². The molecule has 2 atom stereocenters. The molecule has 2 heterocycles. The van der Waals surface area contributed by atoms with Crippen LogP contribution in [-0.2, 0) is 6.54 Å². The molecule has 0 spiro atoms. The molecule has 1 aliphatic heterocycles. The number of nitrogens with one attached hydrogen (secondary N) is 1. The van der Waals surface area contributed by atoms with Gasteiger partial charge in [-0.05, 0) is 23.3 Å². The monoisotopic (exact) mass is 388 g/mol. The maximum Gasteiger partial charge on any atom is 0.0695 e. The van der Waals surface area contributed by atoms with E-state index in [1.807, 2.05) is 36.5 Å². The fourth-order valence-corrected chi connectivity index (χ4v) is 3.76. The number of hydrogen-bond donors (Lipinski definition) is 2. The van der Waals surface area contributed by atoms with E-state index in [1.54, 1.807) is 0 Å². The summed E-state index contributed by atoms with van der Waals surface area (Å²) in [5.41, 5.74) is 11.1. The van der Waals surface area contributed by atoms with Gasteiger partial charge in [-0.1, -0.05) is 54.1 Å². The lowest BCUT2D eigenvalue weighted by Gasteiger charge is -2.16. The van der Waals surface area contributed by atoms with Gasteiger partial charge in [-0.3, -0.25) is 10.00 Å². The molecule has 6 heteroatoms. The Balaban J connectivity index is 0.00000196. The summed E-state index contributed by atoms with van der Waals surface area (Å²) in [6.07, 6.45) is 1.91. The zero-order chi connectivity index (χ0) is 17.2. The van der Waals surface area contributed by atoms with E-state index in [0.29, 0.717) is 5.92 Å². The number of likely N-dealkylation sites (tertiary alicyclic amines) is 1. The van der Waals surface area contributed by atoms with E-state index in [2.05, 4.69) is 39.4 Å². The van der Waals surface area contributed by atoms with Crippen molar-refractivity contribution in [2.75, 3.05) is 13.1 Å². The first-order chi connectivity index (χ1) is 12.2. The van der Waals surface area contributed by atoms with E-state index in [0.717, 1.165) is 35.9 Å². The molecule has 0 bridgehead atoms. The number of aromatic amines is 1. The van der Waals surface area contributed by atoms with Crippen LogP contribution in [0.5, 0.6) is 0 Å². The third kappa shape index (κ3) is 3.94. The van der Waals surface area contributed by atoms with Crippen LogP contribution in [0.1, 0.15) is 17.0 Å². The van der Waals surface area contributed by atoms with E-state index in [1.165, 1.54) is 11.1 Å². The molecule has 4 nitrogen and oxygen atoms in total. The summed E-state index contributed by atoms with van der Waals surface area (Å²) in [5.74, 6) is 0.382. The van der Waals surface area contributed by atoms with Crippen molar-refractivity contribution in [3.05, 3.63) is 76.9 Å². The zero-order valence-electron chi connectivity index (χ0n) is 14.3. The minimum atomic E-state index is 0. The van der Waals surface area contributed by atoms with Gasteiger partial charge in [-0.25, -0.2) is 0 Å². The van der Waals surface area contributed by atoms with Gasteiger partial charge in [0.15, 0.2) is 0 Å². The Labute approximate surface area is 164 Å². The second-order valence-corrected chi connectivity index (χ2v) is 7.09. The summed E-state index contributed by atoms with van der Waals surface area (Å²) in [7, 11) is 0. The summed E-state index contributed by atoms with van der Waals surface area (Å²) in [6.45, 7) is 2.70. The second-order valence-electron chi connectivity index (χ2n) is 6.65. The first-order valence-corrected chi connectivity index (χ1v) is 8.89. The van der Waals surface area contributed by atoms with Gasteiger partial charge in [0.25, 0.3) is 0 Å². The molecule has 2 aromatic carbocycles. The SMILES string of the molecule is Cl.N[C@@H]1CN(Cc2cn[nH]c2-c2ccc(Cl)cc2)C[C@H]1c1ccccc1. The maximum absolute atomic E-state index is 6.42. The van der Waals surface area contributed by atoms with Crippen molar-refractivity contribution in [1.29, 1.82) is 0 Å². The Hall–Kier alpha value is -1.85. The van der Waals surface area contributed by atoms with E-state index < -0.39 is 0 Å². The number of benzene rings is 2. The van der Waals surface area contributed by atoms with Crippen molar-refractivity contribution in [2.24, 2.45) is 5.73 Å². The average molecular weight is 389 g/mol. The number of rotatable bonds is 4. The van der Waals surface area contributed by atoms with Crippen molar-refractivity contribution < 1.29 is 0 Å². The van der Waals surface area contributed by atoms with Crippen LogP contribution < -0.4 is 5.73 Å². The van der Waals surface area contributed by atoms with E-state index >= 15 is 0 Å². The molecule has 1 fully saturated rings. The van der Waals surface area contributed by atoms with Gasteiger partial charge in [0.05, 0.1) is 11.9 Å². The maximum atomic E-state index is 6.42. The van der Waals surface area contributed by atoms with Crippen molar-refractivity contribution in [3.63, 3.8) is 0 Å². The number of nitrogens with two attached hydrogens (primary N) is 1. The summed E-state index contributed by atoms with van der Waals surface area (Å²) in [5, 5.41) is 8.10. The minimum Gasteiger partial charge on any atom is -0.326 e. The normalized spacial score (nSPS) is 20.1. The van der Waals surface area contributed by atoms with Crippen molar-refractivity contribution in [2.45, 2.75) is 18.5 Å². The molecule has 26 heavy (non-hydrogen) atoms. The van der Waals surface area contributed by atoms with Gasteiger partial charge in [-0.15, -0.1) is 12.4 Å². The summed E-state index contributed by atoms with van der Waals surface area (Å²) < 4.78 is 0. The summed E-state index contributed by atoms with van der Waals surface area (Å²) >= 11 is 5.99. The first kappa shape index (κ1) is 18.9. The third-order valence-electron chi connectivity index (χ3n) is 4.91. The molecule has 1 aromatic heterocycles. The summed E-state index contributed by atoms with van der Waals surface area (Å²) in [6, 6.07) is 18.6. The minimum absolute atomic E-state index is 0. The van der Waals surface area contributed by atoms with Gasteiger partial charge in [0.2, 0.25) is 0 Å². The van der Waals surface area contributed by atoms with Crippen molar-refractivity contribution in [3.8, 4) is 11.3 Å². The van der Waals surface area contributed by atoms with Crippen LogP contribution in [0.2, 0.25) is 5.02 Å². The molecule has 0 unspecified atom stereocenters. The molecule has 0 aliphatic carbocycles. The molecular weight excluding hydrogens is 367 g/mol. The van der Waals surface area contributed by atoms with Gasteiger partial charge in [0.1, 0.15) is 0 Å². The van der Waals surface area contributed by atoms with Crippen LogP contribution in [0, 0.1) is 0 Å². The van der Waals surface area contributed by atoms with Crippen molar-refractivity contribution >= 4 is 24.0 Å². The van der Waals surface area contributed by atoms with Gasteiger partial charge in [-0.2, -0.15) is 5.10 Å². The van der Waals surface area contributed by atoms with Gasteiger partial charge < -0.3 is 5.73 Å². The van der Waals surface area contributed by atoms with Gasteiger partial charge >= 0.3 is 0 Å². The molecule has 3 aromatic rings. The zero-order valence-corrected chi connectivity index (χ0v) is 15.9. The molecule has 1 aliphatic rings. The van der Waals surface area contributed by atoms with E-state index in [-0.39, 0.29) is 18.4 Å². The second kappa shape index (κ2) is 8.23. The third-order valence-corrected chi connectivity index (χ3v) is 5.17. The molecule has 0 saturated carbocycles. The lowest BCUT2D eigenvalue weighted by Crippen LogP contribution is -2.28. The predicted molar refractivity (Wildman–Crippen MR) is 109 cm³/mol. The number of H-pyrrole nitrogens is 1. The number of nitrogens with zero attached hydrogens (tertiary/aromatic N) is 2. The highest BCUT2D eigenvalue weighted by Crippen LogP contribution is 2.29. The Morgan fingerprint density at radius 2 is 1.81 bits per heavy atom. The lowest BCUT2D eigenvalue weighted by atomic mass is 9.95. The topological polar surface area (TPSA) is 57.9 Å². The van der Waals surface area contributed by atoms with Crippen LogP contribution in [0.4, 0.5) is 0 Å². The molecule has 0 amide bonds. The van der Waals surface area contributed by atoms with E-state index in [9.17, 15) is 0 Å². The van der Waals surface area contributed by atoms with Crippen LogP contribution in [-0.4, -0.2) is 34.2 Å². The fourth-order valence-electron chi connectivity index (χ4n) is 3.63. The largest absolute Gasteiger partial charge is 0.326 e. The number of halogens is 2. The average Bonchev–Trinajstić information content (AvgIpc) is 3.23. The van der Waals surface area contributed by atoms with E-state index in [4.69, 9.17) is 17.3 Å².